The van der Waals surface area contributed by atoms with Gasteiger partial charge in [0.05, 0.1) is 5.75 Å². The number of carbonyl (C=O) groups is 2. The molecule has 0 saturated heterocycles. The Hall–Kier alpha value is -1.40. The van der Waals surface area contributed by atoms with Crippen molar-refractivity contribution in [3.05, 3.63) is 68.7 Å². The largest absolute Gasteiger partial charge is 0.354 e. The molecule has 1 unspecified atom stereocenters. The van der Waals surface area contributed by atoms with Crippen LogP contribution in [0.2, 0.25) is 15.1 Å². The lowest BCUT2D eigenvalue weighted by Crippen LogP contribution is -2.49. The zero-order chi connectivity index (χ0) is 22.8. The van der Waals surface area contributed by atoms with Crippen molar-refractivity contribution < 1.29 is 9.59 Å². The smallest absolute Gasteiger partial charge is 0.242 e. The van der Waals surface area contributed by atoms with Crippen molar-refractivity contribution in [1.82, 2.24) is 10.2 Å². The molecule has 1 atom stereocenters. The topological polar surface area (TPSA) is 49.4 Å². The lowest BCUT2D eigenvalue weighted by molar-refractivity contribution is -0.139. The highest BCUT2D eigenvalue weighted by molar-refractivity contribution is 7.99. The molecule has 0 heterocycles. The third kappa shape index (κ3) is 8.23. The van der Waals surface area contributed by atoms with E-state index in [0.717, 1.165) is 17.5 Å². The summed E-state index contributed by atoms with van der Waals surface area (Å²) in [6.45, 7) is 4.84. The summed E-state index contributed by atoms with van der Waals surface area (Å²) in [5, 5.41) is 4.70. The van der Waals surface area contributed by atoms with Crippen LogP contribution >= 0.6 is 46.6 Å². The first-order valence-corrected chi connectivity index (χ1v) is 12.5. The molecule has 0 aliphatic rings. The Balaban J connectivity index is 2.11. The summed E-state index contributed by atoms with van der Waals surface area (Å²) in [4.78, 5) is 27.6. The second-order valence-electron chi connectivity index (χ2n) is 7.09. The Bertz CT molecular complexity index is 878. The molecule has 8 heteroatoms. The van der Waals surface area contributed by atoms with Gasteiger partial charge in [-0.1, -0.05) is 66.8 Å². The van der Waals surface area contributed by atoms with E-state index in [9.17, 15) is 9.59 Å². The molecule has 0 fully saturated rings. The van der Waals surface area contributed by atoms with Crippen LogP contribution in [0.4, 0.5) is 0 Å². The number of hydrogen-bond acceptors (Lipinski definition) is 3. The monoisotopic (exact) mass is 500 g/mol. The van der Waals surface area contributed by atoms with E-state index in [0.29, 0.717) is 40.3 Å². The fraction of sp³-hybridized carbons (Fsp3) is 0.391. The quantitative estimate of drug-likeness (QED) is 0.398. The first-order valence-electron chi connectivity index (χ1n) is 10.2. The fourth-order valence-corrected chi connectivity index (χ4v) is 4.64. The molecule has 0 aromatic heterocycles. The first kappa shape index (κ1) is 25.9. The maximum Gasteiger partial charge on any atom is 0.242 e. The molecule has 4 nitrogen and oxygen atoms in total. The molecule has 31 heavy (non-hydrogen) atoms. The normalized spacial score (nSPS) is 11.8. The first-order chi connectivity index (χ1) is 14.8. The molecule has 2 aromatic carbocycles. The molecular formula is C23H27Cl3N2O2S. The Labute approximate surface area is 203 Å². The second-order valence-corrected chi connectivity index (χ2v) is 9.36. The predicted molar refractivity (Wildman–Crippen MR) is 132 cm³/mol. The molecule has 2 amide bonds. The summed E-state index contributed by atoms with van der Waals surface area (Å²) < 4.78 is 0. The maximum atomic E-state index is 13.2. The van der Waals surface area contributed by atoms with Crippen LogP contribution in [0.15, 0.2) is 42.5 Å². The minimum absolute atomic E-state index is 0.0939. The van der Waals surface area contributed by atoms with Crippen molar-refractivity contribution >= 4 is 58.4 Å². The summed E-state index contributed by atoms with van der Waals surface area (Å²) in [5.74, 6) is 0.598. The number of nitrogens with zero attached hydrogens (tertiary/aromatic N) is 1. The minimum atomic E-state index is -0.533. The Morgan fingerprint density at radius 2 is 1.71 bits per heavy atom. The van der Waals surface area contributed by atoms with Gasteiger partial charge in [0, 0.05) is 33.9 Å². The third-order valence-corrected chi connectivity index (χ3v) is 6.50. The molecule has 2 rings (SSSR count). The van der Waals surface area contributed by atoms with E-state index < -0.39 is 6.04 Å². The van der Waals surface area contributed by atoms with E-state index in [1.165, 1.54) is 11.8 Å². The highest BCUT2D eigenvalue weighted by Crippen LogP contribution is 2.25. The Morgan fingerprint density at radius 3 is 2.32 bits per heavy atom. The lowest BCUT2D eigenvalue weighted by Gasteiger charge is -2.30. The number of hydrogen-bond donors (Lipinski definition) is 1. The second kappa shape index (κ2) is 13.2. The van der Waals surface area contributed by atoms with Gasteiger partial charge in [0.15, 0.2) is 0 Å². The standard InChI is InChI=1S/C23H27Cl3N2O2S/c1-3-11-27-23(30)21(4-2)28(13-16-5-8-18(24)9-6-16)22(29)15-31-14-17-7-10-19(25)12-20(17)26/h5-10,12,21H,3-4,11,13-15H2,1-2H3,(H,27,30). The van der Waals surface area contributed by atoms with Gasteiger partial charge >= 0.3 is 0 Å². The van der Waals surface area contributed by atoms with Gasteiger partial charge < -0.3 is 10.2 Å². The highest BCUT2D eigenvalue weighted by atomic mass is 35.5. The van der Waals surface area contributed by atoms with Gasteiger partial charge in [-0.05, 0) is 48.2 Å². The van der Waals surface area contributed by atoms with Crippen LogP contribution in [-0.4, -0.2) is 35.1 Å². The number of carbonyl (C=O) groups excluding carboxylic acids is 2. The van der Waals surface area contributed by atoms with Gasteiger partial charge in [-0.2, -0.15) is 0 Å². The highest BCUT2D eigenvalue weighted by Gasteiger charge is 2.28. The van der Waals surface area contributed by atoms with Crippen molar-refractivity contribution in [1.29, 1.82) is 0 Å². The van der Waals surface area contributed by atoms with E-state index in [1.54, 1.807) is 29.2 Å². The van der Waals surface area contributed by atoms with Crippen LogP contribution in [0.5, 0.6) is 0 Å². The number of nitrogens with one attached hydrogen (secondary N) is 1. The van der Waals surface area contributed by atoms with Crippen LogP contribution in [0, 0.1) is 0 Å². The van der Waals surface area contributed by atoms with Gasteiger partial charge in [-0.25, -0.2) is 0 Å². The molecular weight excluding hydrogens is 475 g/mol. The SMILES string of the molecule is CCCNC(=O)C(CC)N(Cc1ccc(Cl)cc1)C(=O)CSCc1ccc(Cl)cc1Cl. The molecule has 0 radical (unpaired) electrons. The minimum Gasteiger partial charge on any atom is -0.354 e. The van der Waals surface area contributed by atoms with E-state index in [4.69, 9.17) is 34.8 Å². The van der Waals surface area contributed by atoms with Crippen molar-refractivity contribution in [2.24, 2.45) is 0 Å². The van der Waals surface area contributed by atoms with Gasteiger partial charge in [-0.15, -0.1) is 11.8 Å². The van der Waals surface area contributed by atoms with Crippen LogP contribution < -0.4 is 5.32 Å². The summed E-state index contributed by atoms with van der Waals surface area (Å²) in [6, 6.07) is 12.1. The zero-order valence-corrected chi connectivity index (χ0v) is 20.8. The molecule has 2 aromatic rings. The molecule has 0 aliphatic heterocycles. The number of thioether (sulfide) groups is 1. The van der Waals surface area contributed by atoms with Crippen molar-refractivity contribution in [2.75, 3.05) is 12.3 Å². The Kier molecular flexibility index (Phi) is 11.0. The van der Waals surface area contributed by atoms with Crippen molar-refractivity contribution in [3.63, 3.8) is 0 Å². The number of benzene rings is 2. The van der Waals surface area contributed by atoms with E-state index in [2.05, 4.69) is 5.32 Å². The third-order valence-electron chi connectivity index (χ3n) is 4.70. The summed E-state index contributed by atoms with van der Waals surface area (Å²) >= 11 is 19.6. The number of amides is 2. The molecule has 0 bridgehead atoms. The summed E-state index contributed by atoms with van der Waals surface area (Å²) in [5.41, 5.74) is 1.84. The molecule has 0 spiro atoms. The van der Waals surface area contributed by atoms with Gasteiger partial charge in [-0.3, -0.25) is 9.59 Å². The van der Waals surface area contributed by atoms with Crippen LogP contribution in [-0.2, 0) is 21.9 Å². The van der Waals surface area contributed by atoms with Gasteiger partial charge in [0.25, 0.3) is 0 Å². The Morgan fingerprint density at radius 1 is 1.03 bits per heavy atom. The molecule has 0 saturated carbocycles. The van der Waals surface area contributed by atoms with Gasteiger partial charge in [0.1, 0.15) is 6.04 Å². The zero-order valence-electron chi connectivity index (χ0n) is 17.7. The van der Waals surface area contributed by atoms with Crippen molar-refractivity contribution in [3.8, 4) is 0 Å². The lowest BCUT2D eigenvalue weighted by atomic mass is 10.1. The molecule has 0 aliphatic carbocycles. The summed E-state index contributed by atoms with van der Waals surface area (Å²) in [7, 11) is 0. The summed E-state index contributed by atoms with van der Waals surface area (Å²) in [6.07, 6.45) is 1.37. The van der Waals surface area contributed by atoms with Crippen LogP contribution in [0.25, 0.3) is 0 Å². The van der Waals surface area contributed by atoms with E-state index >= 15 is 0 Å². The molecule has 1 N–H and O–H groups in total. The average molecular weight is 502 g/mol. The van der Waals surface area contributed by atoms with Gasteiger partial charge in [0.2, 0.25) is 11.8 Å². The van der Waals surface area contributed by atoms with Crippen LogP contribution in [0.3, 0.4) is 0 Å². The van der Waals surface area contributed by atoms with E-state index in [1.807, 2.05) is 32.0 Å². The van der Waals surface area contributed by atoms with Crippen molar-refractivity contribution in [2.45, 2.75) is 45.0 Å². The van der Waals surface area contributed by atoms with E-state index in [-0.39, 0.29) is 17.6 Å². The molecule has 168 valence electrons. The average Bonchev–Trinajstić information content (AvgIpc) is 2.74. The fourth-order valence-electron chi connectivity index (χ4n) is 3.04. The maximum absolute atomic E-state index is 13.2. The van der Waals surface area contributed by atoms with Crippen LogP contribution in [0.1, 0.15) is 37.8 Å². The number of halogens is 3. The number of rotatable bonds is 11. The predicted octanol–water partition coefficient (Wildman–Crippen LogP) is 6.21.